The number of halogens is 3. The minimum Gasteiger partial charge on any atom is -0.435 e. The van der Waals surface area contributed by atoms with Crippen LogP contribution in [-0.4, -0.2) is 27.9 Å². The molecule has 2 rings (SSSR count). The number of nitrogens with zero attached hydrogens (tertiary/aromatic N) is 1. The average molecular weight is 483 g/mol. The van der Waals surface area contributed by atoms with Crippen LogP contribution in [0, 0.1) is 5.92 Å². The highest BCUT2D eigenvalue weighted by Crippen LogP contribution is 2.37. The second-order valence-electron chi connectivity index (χ2n) is 8.22. The van der Waals surface area contributed by atoms with Crippen molar-refractivity contribution in [1.82, 2.24) is 9.71 Å². The zero-order valence-corrected chi connectivity index (χ0v) is 19.3. The molecule has 1 heterocycles. The highest BCUT2D eigenvalue weighted by Gasteiger charge is 2.50. The van der Waals surface area contributed by atoms with Crippen LogP contribution in [0.15, 0.2) is 34.7 Å². The zero-order valence-electron chi connectivity index (χ0n) is 17.7. The van der Waals surface area contributed by atoms with Gasteiger partial charge in [-0.2, -0.15) is 26.6 Å². The largest absolute Gasteiger partial charge is 0.534 e. The first-order chi connectivity index (χ1) is 14.1. The van der Waals surface area contributed by atoms with E-state index in [2.05, 4.69) is 13.9 Å². The van der Waals surface area contributed by atoms with Gasteiger partial charge in [-0.25, -0.2) is 8.93 Å². The lowest BCUT2D eigenvalue weighted by atomic mass is 10.0. The van der Waals surface area contributed by atoms with Gasteiger partial charge in [-0.05, 0) is 45.2 Å². The molecule has 1 N–H and O–H groups in total. The summed E-state index contributed by atoms with van der Waals surface area (Å²) in [6, 6.07) is 7.30. The van der Waals surface area contributed by atoms with Crippen LogP contribution in [0.2, 0.25) is 0 Å². The van der Waals surface area contributed by atoms with Crippen LogP contribution in [-0.2, 0) is 21.1 Å². The van der Waals surface area contributed by atoms with Gasteiger partial charge >= 0.3 is 15.6 Å². The maximum Gasteiger partial charge on any atom is 0.534 e. The van der Waals surface area contributed by atoms with Crippen molar-refractivity contribution in [3.05, 3.63) is 36.1 Å². The van der Waals surface area contributed by atoms with Crippen LogP contribution in [0.4, 0.5) is 13.2 Å². The molecule has 2 aromatic rings. The molecular weight excluding hydrogens is 457 g/mol. The Morgan fingerprint density at radius 3 is 2.23 bits per heavy atom. The first kappa shape index (κ1) is 25.3. The van der Waals surface area contributed by atoms with E-state index in [1.165, 1.54) is 0 Å². The normalized spacial score (nSPS) is 15.1. The van der Waals surface area contributed by atoms with E-state index in [4.69, 9.17) is 4.42 Å². The van der Waals surface area contributed by atoms with E-state index in [9.17, 15) is 25.8 Å². The van der Waals surface area contributed by atoms with Gasteiger partial charge in [-0.1, -0.05) is 32.0 Å². The molecule has 12 heteroatoms. The molecule has 7 nitrogen and oxygen atoms in total. The number of oxazole rings is 1. The van der Waals surface area contributed by atoms with E-state index in [1.807, 2.05) is 13.8 Å². The zero-order chi connectivity index (χ0) is 23.6. The van der Waals surface area contributed by atoms with Crippen LogP contribution < -0.4 is 8.91 Å². The lowest BCUT2D eigenvalue weighted by Crippen LogP contribution is -2.36. The van der Waals surface area contributed by atoms with Gasteiger partial charge in [0.2, 0.25) is 5.89 Å². The van der Waals surface area contributed by atoms with Gasteiger partial charge in [0.05, 0.1) is 21.8 Å². The van der Waals surface area contributed by atoms with Crippen LogP contribution in [0.25, 0.3) is 11.5 Å². The molecule has 0 radical (unpaired) electrons. The SMILES string of the molecule is CC(C)CC(NS(=O)C(C)(C)C)c1oc(-c2ccccc2)nc1OS(=O)(=O)C(F)(F)F. The number of hydrogen-bond donors (Lipinski definition) is 1. The fourth-order valence-corrected chi connectivity index (χ4v) is 3.68. The molecule has 0 fully saturated rings. The Labute approximate surface area is 182 Å². The van der Waals surface area contributed by atoms with Gasteiger partial charge < -0.3 is 8.60 Å². The van der Waals surface area contributed by atoms with Crippen LogP contribution in [0.1, 0.15) is 52.8 Å². The van der Waals surface area contributed by atoms with Crippen molar-refractivity contribution in [2.75, 3.05) is 0 Å². The predicted octanol–water partition coefficient (Wildman–Crippen LogP) is 4.71. The third-order valence-corrected chi connectivity index (χ3v) is 6.50. The Bertz CT molecular complexity index is 1010. The summed E-state index contributed by atoms with van der Waals surface area (Å²) < 4.78 is 86.8. The summed E-state index contributed by atoms with van der Waals surface area (Å²) in [6.45, 7) is 8.82. The monoisotopic (exact) mass is 482 g/mol. The number of alkyl halides is 3. The number of nitrogens with one attached hydrogen (secondary N) is 1. The van der Waals surface area contributed by atoms with Gasteiger partial charge in [0.25, 0.3) is 5.88 Å². The fourth-order valence-electron chi connectivity index (χ4n) is 2.44. The van der Waals surface area contributed by atoms with Crippen LogP contribution >= 0.6 is 0 Å². The van der Waals surface area contributed by atoms with Crippen molar-refractivity contribution in [1.29, 1.82) is 0 Å². The summed E-state index contributed by atoms with van der Waals surface area (Å²) in [7, 11) is -7.62. The van der Waals surface area contributed by atoms with E-state index >= 15 is 0 Å². The molecule has 0 bridgehead atoms. The van der Waals surface area contributed by atoms with Crippen molar-refractivity contribution >= 4 is 21.1 Å². The third kappa shape index (κ3) is 6.53. The Kier molecular flexibility index (Phi) is 7.59. The number of hydrogen-bond acceptors (Lipinski definition) is 6. The molecule has 2 atom stereocenters. The summed E-state index contributed by atoms with van der Waals surface area (Å²) in [6.07, 6.45) is 0.271. The number of rotatable bonds is 8. The highest BCUT2D eigenvalue weighted by atomic mass is 32.2. The lowest BCUT2D eigenvalue weighted by molar-refractivity contribution is -0.0501. The van der Waals surface area contributed by atoms with E-state index in [-0.39, 0.29) is 24.0 Å². The Morgan fingerprint density at radius 2 is 1.74 bits per heavy atom. The quantitative estimate of drug-likeness (QED) is 0.432. The Hall–Kier alpha value is -1.92. The number of benzene rings is 1. The minimum atomic E-state index is -5.99. The van der Waals surface area contributed by atoms with Crippen molar-refractivity contribution in [3.8, 4) is 17.3 Å². The smallest absolute Gasteiger partial charge is 0.435 e. The summed E-state index contributed by atoms with van der Waals surface area (Å²) in [5.41, 5.74) is -5.24. The van der Waals surface area contributed by atoms with Gasteiger partial charge in [-0.3, -0.25) is 0 Å². The van der Waals surface area contributed by atoms with E-state index in [0.717, 1.165) is 0 Å². The summed E-state index contributed by atoms with van der Waals surface area (Å²) >= 11 is 0. The predicted molar refractivity (Wildman–Crippen MR) is 111 cm³/mol. The van der Waals surface area contributed by atoms with Gasteiger partial charge in [0, 0.05) is 5.56 Å². The molecule has 0 spiro atoms. The summed E-state index contributed by atoms with van der Waals surface area (Å²) in [5.74, 6) is -1.26. The standard InChI is InChI=1S/C19H25F3N2O5S2/c1-12(2)11-14(24-30(25)18(3,4)5)15-17(29-31(26,27)19(20,21)22)23-16(28-15)13-9-7-6-8-10-13/h6-10,12,14,24H,11H2,1-5H3. The van der Waals surface area contributed by atoms with Crippen molar-refractivity contribution in [2.24, 2.45) is 5.92 Å². The third-order valence-electron chi connectivity index (χ3n) is 3.94. The number of aromatic nitrogens is 1. The van der Waals surface area contributed by atoms with Crippen LogP contribution in [0.3, 0.4) is 0 Å². The van der Waals surface area contributed by atoms with Crippen molar-refractivity contribution in [3.63, 3.8) is 0 Å². The maximum atomic E-state index is 12.9. The molecule has 0 saturated carbocycles. The minimum absolute atomic E-state index is 0.00758. The first-order valence-electron chi connectivity index (χ1n) is 9.36. The molecule has 174 valence electrons. The van der Waals surface area contributed by atoms with Gasteiger partial charge in [0.15, 0.2) is 5.76 Å². The van der Waals surface area contributed by atoms with E-state index in [0.29, 0.717) is 5.56 Å². The molecule has 2 unspecified atom stereocenters. The van der Waals surface area contributed by atoms with Crippen molar-refractivity contribution < 1.29 is 34.4 Å². The van der Waals surface area contributed by atoms with Gasteiger partial charge in [0.1, 0.15) is 0 Å². The summed E-state index contributed by atoms with van der Waals surface area (Å²) in [5, 5.41) is 0. The molecule has 0 aliphatic rings. The second-order valence-corrected chi connectivity index (χ2v) is 11.8. The van der Waals surface area contributed by atoms with E-state index in [1.54, 1.807) is 51.1 Å². The lowest BCUT2D eigenvalue weighted by Gasteiger charge is -2.24. The topological polar surface area (TPSA) is 98.5 Å². The Morgan fingerprint density at radius 1 is 1.16 bits per heavy atom. The molecule has 0 aliphatic heterocycles. The molecular formula is C19H25F3N2O5S2. The second kappa shape index (κ2) is 9.29. The van der Waals surface area contributed by atoms with Crippen molar-refractivity contribution in [2.45, 2.75) is 57.3 Å². The fraction of sp³-hybridized carbons (Fsp3) is 0.526. The molecule has 1 aromatic heterocycles. The maximum absolute atomic E-state index is 12.9. The molecule has 0 saturated heterocycles. The molecule has 31 heavy (non-hydrogen) atoms. The molecule has 0 amide bonds. The van der Waals surface area contributed by atoms with E-state index < -0.39 is 43.3 Å². The van der Waals surface area contributed by atoms with Crippen LogP contribution in [0.5, 0.6) is 5.88 Å². The van der Waals surface area contributed by atoms with Gasteiger partial charge in [-0.15, -0.1) is 0 Å². The average Bonchev–Trinajstić information content (AvgIpc) is 3.02. The molecule has 1 aromatic carbocycles. The Balaban J connectivity index is 2.59. The molecule has 0 aliphatic carbocycles. The highest BCUT2D eigenvalue weighted by molar-refractivity contribution is 7.88. The first-order valence-corrected chi connectivity index (χ1v) is 11.9. The summed E-state index contributed by atoms with van der Waals surface area (Å²) in [4.78, 5) is 3.87.